The number of likely N-dealkylation sites (tertiary alicyclic amines) is 1. The fourth-order valence-electron chi connectivity index (χ4n) is 1.73. The molecule has 2 rings (SSSR count). The maximum absolute atomic E-state index is 12.6. The average molecular weight is 221 g/mol. The number of amides is 1. The molecule has 4 heteroatoms. The number of benzene rings is 1. The molecule has 0 radical (unpaired) electrons. The lowest BCUT2D eigenvalue weighted by Crippen LogP contribution is -2.30. The first kappa shape index (κ1) is 10.8. The number of hydrogen-bond acceptors (Lipinski definition) is 2. The first-order valence-corrected chi connectivity index (χ1v) is 5.19. The summed E-state index contributed by atoms with van der Waals surface area (Å²) in [6.45, 7) is 0.735. The number of hydrogen-bond donors (Lipinski definition) is 0. The third kappa shape index (κ3) is 2.45. The van der Waals surface area contributed by atoms with Gasteiger partial charge in [0.25, 0.3) is 0 Å². The molecule has 0 spiro atoms. The minimum atomic E-state index is -0.312. The zero-order valence-corrected chi connectivity index (χ0v) is 8.78. The van der Waals surface area contributed by atoms with Gasteiger partial charge in [-0.05, 0) is 17.7 Å². The number of halogens is 1. The van der Waals surface area contributed by atoms with E-state index in [2.05, 4.69) is 0 Å². The van der Waals surface area contributed by atoms with E-state index >= 15 is 0 Å². The Morgan fingerprint density at radius 2 is 2.00 bits per heavy atom. The predicted molar refractivity (Wildman–Crippen MR) is 56.3 cm³/mol. The van der Waals surface area contributed by atoms with Gasteiger partial charge in [-0.15, -0.1) is 0 Å². The quantitative estimate of drug-likeness (QED) is 0.751. The molecule has 0 N–H and O–H groups in total. The molecule has 16 heavy (non-hydrogen) atoms. The minimum Gasteiger partial charge on any atom is -0.335 e. The standard InChI is InChI=1S/C12H12FNO2/c13-10-3-1-9(2-4-10)7-12(16)14-6-5-11(15)8-14/h1-4H,5-8H2. The predicted octanol–water partition coefficient (Wildman–Crippen LogP) is 1.17. The van der Waals surface area contributed by atoms with Crippen LogP contribution in [-0.2, 0) is 16.0 Å². The zero-order chi connectivity index (χ0) is 11.5. The Bertz CT molecular complexity index is 414. The number of nitrogens with zero attached hydrogens (tertiary/aromatic N) is 1. The van der Waals surface area contributed by atoms with Gasteiger partial charge in [-0.25, -0.2) is 4.39 Å². The second kappa shape index (κ2) is 4.43. The number of ketones is 1. The number of carbonyl (C=O) groups is 2. The molecule has 1 amide bonds. The van der Waals surface area contributed by atoms with E-state index in [1.165, 1.54) is 12.1 Å². The Morgan fingerprint density at radius 1 is 1.31 bits per heavy atom. The SMILES string of the molecule is O=C1CCN(C(=O)Cc2ccc(F)cc2)C1. The van der Waals surface area contributed by atoms with E-state index in [1.807, 2.05) is 0 Å². The molecular weight excluding hydrogens is 209 g/mol. The van der Waals surface area contributed by atoms with Crippen molar-refractivity contribution in [2.45, 2.75) is 12.8 Å². The second-order valence-corrected chi connectivity index (χ2v) is 3.91. The van der Waals surface area contributed by atoms with E-state index in [0.29, 0.717) is 13.0 Å². The van der Waals surface area contributed by atoms with E-state index in [0.717, 1.165) is 5.56 Å². The molecule has 1 saturated heterocycles. The Hall–Kier alpha value is -1.71. The van der Waals surface area contributed by atoms with Crippen LogP contribution in [0, 0.1) is 5.82 Å². The lowest BCUT2D eigenvalue weighted by atomic mass is 10.1. The molecule has 1 aromatic rings. The van der Waals surface area contributed by atoms with Gasteiger partial charge in [-0.1, -0.05) is 12.1 Å². The second-order valence-electron chi connectivity index (χ2n) is 3.91. The van der Waals surface area contributed by atoms with Crippen LogP contribution in [-0.4, -0.2) is 29.7 Å². The first-order valence-electron chi connectivity index (χ1n) is 5.19. The molecule has 1 aliphatic rings. The Labute approximate surface area is 92.9 Å². The topological polar surface area (TPSA) is 37.4 Å². The largest absolute Gasteiger partial charge is 0.335 e. The van der Waals surface area contributed by atoms with Crippen molar-refractivity contribution >= 4 is 11.7 Å². The summed E-state index contributed by atoms with van der Waals surface area (Å²) < 4.78 is 12.6. The van der Waals surface area contributed by atoms with E-state index in [4.69, 9.17) is 0 Å². The average Bonchev–Trinajstić information content (AvgIpc) is 2.68. The van der Waals surface area contributed by atoms with Crippen molar-refractivity contribution in [2.75, 3.05) is 13.1 Å². The number of carbonyl (C=O) groups excluding carboxylic acids is 2. The molecule has 1 fully saturated rings. The van der Waals surface area contributed by atoms with Gasteiger partial charge in [0.15, 0.2) is 5.78 Å². The Morgan fingerprint density at radius 3 is 2.56 bits per heavy atom. The fourth-order valence-corrected chi connectivity index (χ4v) is 1.73. The van der Waals surface area contributed by atoms with E-state index in [9.17, 15) is 14.0 Å². The van der Waals surface area contributed by atoms with Gasteiger partial charge in [-0.2, -0.15) is 0 Å². The molecule has 0 aromatic heterocycles. The monoisotopic (exact) mass is 221 g/mol. The summed E-state index contributed by atoms with van der Waals surface area (Å²) in [5.41, 5.74) is 0.769. The van der Waals surface area contributed by atoms with E-state index < -0.39 is 0 Å². The summed E-state index contributed by atoms with van der Waals surface area (Å²) >= 11 is 0. The van der Waals surface area contributed by atoms with E-state index in [-0.39, 0.29) is 30.5 Å². The molecule has 1 aliphatic heterocycles. The van der Waals surface area contributed by atoms with Crippen LogP contribution in [0.3, 0.4) is 0 Å². The van der Waals surface area contributed by atoms with Gasteiger partial charge in [0.2, 0.25) is 5.91 Å². The van der Waals surface area contributed by atoms with Crippen molar-refractivity contribution in [3.05, 3.63) is 35.6 Å². The third-order valence-electron chi connectivity index (χ3n) is 2.65. The Balaban J connectivity index is 1.97. The van der Waals surface area contributed by atoms with Gasteiger partial charge in [0, 0.05) is 13.0 Å². The van der Waals surface area contributed by atoms with Crippen molar-refractivity contribution in [3.63, 3.8) is 0 Å². The summed E-state index contributed by atoms with van der Waals surface area (Å²) in [6, 6.07) is 5.84. The highest BCUT2D eigenvalue weighted by Crippen LogP contribution is 2.09. The summed E-state index contributed by atoms with van der Waals surface area (Å²) in [5, 5.41) is 0. The third-order valence-corrected chi connectivity index (χ3v) is 2.65. The fraction of sp³-hybridized carbons (Fsp3) is 0.333. The summed E-state index contributed by atoms with van der Waals surface area (Å²) in [7, 11) is 0. The maximum Gasteiger partial charge on any atom is 0.227 e. The highest BCUT2D eigenvalue weighted by Gasteiger charge is 2.23. The van der Waals surface area contributed by atoms with Crippen LogP contribution in [0.25, 0.3) is 0 Å². The van der Waals surface area contributed by atoms with Crippen LogP contribution in [0.1, 0.15) is 12.0 Å². The molecule has 1 aromatic carbocycles. The molecule has 0 bridgehead atoms. The molecule has 0 saturated carbocycles. The smallest absolute Gasteiger partial charge is 0.227 e. The van der Waals surface area contributed by atoms with Crippen LogP contribution < -0.4 is 0 Å². The summed E-state index contributed by atoms with van der Waals surface area (Å²) in [6.07, 6.45) is 0.683. The molecule has 84 valence electrons. The van der Waals surface area contributed by atoms with E-state index in [1.54, 1.807) is 17.0 Å². The van der Waals surface area contributed by atoms with Gasteiger partial charge in [0.1, 0.15) is 5.82 Å². The normalized spacial score (nSPS) is 15.6. The molecule has 1 heterocycles. The molecule has 0 aliphatic carbocycles. The van der Waals surface area contributed by atoms with Gasteiger partial charge < -0.3 is 4.90 Å². The lowest BCUT2D eigenvalue weighted by Gasteiger charge is -2.13. The number of rotatable bonds is 2. The van der Waals surface area contributed by atoms with Crippen molar-refractivity contribution < 1.29 is 14.0 Å². The lowest BCUT2D eigenvalue weighted by molar-refractivity contribution is -0.131. The van der Waals surface area contributed by atoms with Gasteiger partial charge in [-0.3, -0.25) is 9.59 Å². The van der Waals surface area contributed by atoms with Crippen molar-refractivity contribution in [2.24, 2.45) is 0 Å². The van der Waals surface area contributed by atoms with Gasteiger partial charge >= 0.3 is 0 Å². The molecule has 0 unspecified atom stereocenters. The highest BCUT2D eigenvalue weighted by atomic mass is 19.1. The van der Waals surface area contributed by atoms with Crippen LogP contribution in [0.4, 0.5) is 4.39 Å². The Kier molecular flexibility index (Phi) is 2.99. The van der Waals surface area contributed by atoms with Crippen molar-refractivity contribution in [1.82, 2.24) is 4.90 Å². The molecular formula is C12H12FNO2. The maximum atomic E-state index is 12.6. The van der Waals surface area contributed by atoms with Gasteiger partial charge in [0.05, 0.1) is 13.0 Å². The highest BCUT2D eigenvalue weighted by molar-refractivity contribution is 5.90. The van der Waals surface area contributed by atoms with Crippen LogP contribution >= 0.6 is 0 Å². The summed E-state index contributed by atoms with van der Waals surface area (Å²) in [4.78, 5) is 24.3. The molecule has 0 atom stereocenters. The first-order chi connectivity index (χ1) is 7.65. The zero-order valence-electron chi connectivity index (χ0n) is 8.78. The summed E-state index contributed by atoms with van der Waals surface area (Å²) in [5.74, 6) is -0.280. The van der Waals surface area contributed by atoms with Crippen LogP contribution in [0.2, 0.25) is 0 Å². The number of Topliss-reactive ketones (excluding diaryl/α,β-unsaturated/α-hetero) is 1. The van der Waals surface area contributed by atoms with Crippen molar-refractivity contribution in [3.8, 4) is 0 Å². The molecule has 3 nitrogen and oxygen atoms in total. The van der Waals surface area contributed by atoms with Crippen molar-refractivity contribution in [1.29, 1.82) is 0 Å². The minimum absolute atomic E-state index is 0.0718. The van der Waals surface area contributed by atoms with Crippen LogP contribution in [0.5, 0.6) is 0 Å². The van der Waals surface area contributed by atoms with Crippen LogP contribution in [0.15, 0.2) is 24.3 Å².